The van der Waals surface area contributed by atoms with E-state index in [-0.39, 0.29) is 0 Å². The minimum atomic E-state index is -4.30. The number of halogens is 4. The van der Waals surface area contributed by atoms with Crippen LogP contribution in [-0.2, 0) is 12.7 Å². The van der Waals surface area contributed by atoms with Crippen molar-refractivity contribution >= 4 is 15.9 Å². The van der Waals surface area contributed by atoms with Gasteiger partial charge in [0.25, 0.3) is 0 Å². The monoisotopic (exact) mass is 322 g/mol. The van der Waals surface area contributed by atoms with Crippen LogP contribution >= 0.6 is 15.9 Å². The Labute approximate surface area is 112 Å². The van der Waals surface area contributed by atoms with Crippen LogP contribution in [0.1, 0.15) is 11.1 Å². The van der Waals surface area contributed by atoms with E-state index in [2.05, 4.69) is 21.2 Å². The first-order chi connectivity index (χ1) is 8.47. The van der Waals surface area contributed by atoms with Crippen LogP contribution < -0.4 is 5.32 Å². The third-order valence-electron chi connectivity index (χ3n) is 2.98. The van der Waals surface area contributed by atoms with Crippen LogP contribution in [0.25, 0.3) is 0 Å². The molecule has 0 saturated carbocycles. The summed E-state index contributed by atoms with van der Waals surface area (Å²) in [5.74, 6) is 0. The van der Waals surface area contributed by atoms with E-state index in [1.807, 2.05) is 4.90 Å². The normalized spacial score (nSPS) is 18.0. The standard InChI is InChI=1S/C12H14BrF3N2/c13-10-2-1-9(11(7-10)12(14,15)16)8-18-5-3-17-4-6-18/h1-2,7,17H,3-6,8H2. The van der Waals surface area contributed by atoms with Gasteiger partial charge in [0.05, 0.1) is 5.56 Å². The lowest BCUT2D eigenvalue weighted by Crippen LogP contribution is -2.43. The maximum Gasteiger partial charge on any atom is 0.416 e. The molecule has 1 saturated heterocycles. The van der Waals surface area contributed by atoms with Gasteiger partial charge in [0.2, 0.25) is 0 Å². The van der Waals surface area contributed by atoms with Gasteiger partial charge in [-0.15, -0.1) is 0 Å². The van der Waals surface area contributed by atoms with E-state index in [9.17, 15) is 13.2 Å². The zero-order valence-corrected chi connectivity index (χ0v) is 11.3. The largest absolute Gasteiger partial charge is 0.416 e. The fraction of sp³-hybridized carbons (Fsp3) is 0.500. The Hall–Kier alpha value is -0.590. The molecule has 2 nitrogen and oxygen atoms in total. The molecule has 1 aliphatic heterocycles. The Morgan fingerprint density at radius 3 is 2.50 bits per heavy atom. The second kappa shape index (κ2) is 5.59. The van der Waals surface area contributed by atoms with Crippen molar-refractivity contribution in [3.8, 4) is 0 Å². The Bertz CT molecular complexity index is 414. The van der Waals surface area contributed by atoms with Gasteiger partial charge < -0.3 is 5.32 Å². The van der Waals surface area contributed by atoms with Gasteiger partial charge in [-0.2, -0.15) is 13.2 Å². The molecule has 2 rings (SSSR count). The van der Waals surface area contributed by atoms with Gasteiger partial charge in [0, 0.05) is 37.2 Å². The molecular weight excluding hydrogens is 309 g/mol. The lowest BCUT2D eigenvalue weighted by molar-refractivity contribution is -0.138. The van der Waals surface area contributed by atoms with Crippen molar-refractivity contribution < 1.29 is 13.2 Å². The summed E-state index contributed by atoms with van der Waals surface area (Å²) in [7, 11) is 0. The summed E-state index contributed by atoms with van der Waals surface area (Å²) in [5, 5.41) is 3.18. The van der Waals surface area contributed by atoms with Crippen LogP contribution in [0.2, 0.25) is 0 Å². The molecule has 1 N–H and O–H groups in total. The second-order valence-corrected chi connectivity index (χ2v) is 5.24. The van der Waals surface area contributed by atoms with E-state index < -0.39 is 11.7 Å². The molecule has 0 bridgehead atoms. The van der Waals surface area contributed by atoms with Gasteiger partial charge in [-0.1, -0.05) is 22.0 Å². The van der Waals surface area contributed by atoms with Crippen molar-refractivity contribution in [1.82, 2.24) is 10.2 Å². The van der Waals surface area contributed by atoms with E-state index in [1.165, 1.54) is 0 Å². The number of piperazine rings is 1. The maximum absolute atomic E-state index is 12.9. The smallest absolute Gasteiger partial charge is 0.314 e. The summed E-state index contributed by atoms with van der Waals surface area (Å²) in [6, 6.07) is 4.36. The van der Waals surface area contributed by atoms with Crippen LogP contribution in [0, 0.1) is 0 Å². The van der Waals surface area contributed by atoms with Gasteiger partial charge in [-0.05, 0) is 17.7 Å². The zero-order valence-electron chi connectivity index (χ0n) is 9.73. The van der Waals surface area contributed by atoms with E-state index in [4.69, 9.17) is 0 Å². The molecule has 1 aromatic rings. The lowest BCUT2D eigenvalue weighted by Gasteiger charge is -2.28. The molecule has 0 amide bonds. The molecule has 0 atom stereocenters. The van der Waals surface area contributed by atoms with E-state index >= 15 is 0 Å². The van der Waals surface area contributed by atoms with E-state index in [1.54, 1.807) is 12.1 Å². The van der Waals surface area contributed by atoms with Crippen LogP contribution in [-0.4, -0.2) is 31.1 Å². The quantitative estimate of drug-likeness (QED) is 0.900. The third kappa shape index (κ3) is 3.46. The van der Waals surface area contributed by atoms with Gasteiger partial charge in [0.1, 0.15) is 0 Å². The number of rotatable bonds is 2. The van der Waals surface area contributed by atoms with Crippen molar-refractivity contribution in [1.29, 1.82) is 0 Å². The number of nitrogens with zero attached hydrogens (tertiary/aromatic N) is 1. The summed E-state index contributed by atoms with van der Waals surface area (Å²) in [6.07, 6.45) is -4.30. The highest BCUT2D eigenvalue weighted by Gasteiger charge is 2.33. The number of alkyl halides is 3. The van der Waals surface area contributed by atoms with Crippen LogP contribution in [0.4, 0.5) is 13.2 Å². The average molecular weight is 323 g/mol. The number of nitrogens with one attached hydrogen (secondary N) is 1. The van der Waals surface area contributed by atoms with Crippen LogP contribution in [0.3, 0.4) is 0 Å². The molecule has 0 aliphatic carbocycles. The molecule has 0 radical (unpaired) electrons. The van der Waals surface area contributed by atoms with E-state index in [0.29, 0.717) is 16.6 Å². The highest BCUT2D eigenvalue weighted by molar-refractivity contribution is 9.10. The average Bonchev–Trinajstić information content (AvgIpc) is 2.31. The number of benzene rings is 1. The summed E-state index contributed by atoms with van der Waals surface area (Å²) in [5.41, 5.74) is -0.206. The highest BCUT2D eigenvalue weighted by atomic mass is 79.9. The van der Waals surface area contributed by atoms with Gasteiger partial charge >= 0.3 is 6.18 Å². The summed E-state index contributed by atoms with van der Waals surface area (Å²) in [4.78, 5) is 2.04. The van der Waals surface area contributed by atoms with Crippen molar-refractivity contribution in [2.45, 2.75) is 12.7 Å². The van der Waals surface area contributed by atoms with Gasteiger partial charge in [-0.3, -0.25) is 4.90 Å². The van der Waals surface area contributed by atoms with Gasteiger partial charge in [0.15, 0.2) is 0 Å². The third-order valence-corrected chi connectivity index (χ3v) is 3.47. The summed E-state index contributed by atoms with van der Waals surface area (Å²) >= 11 is 3.09. The highest BCUT2D eigenvalue weighted by Crippen LogP contribution is 2.34. The summed E-state index contributed by atoms with van der Waals surface area (Å²) in [6.45, 7) is 3.58. The Kier molecular flexibility index (Phi) is 4.29. The molecule has 1 aromatic carbocycles. The van der Waals surface area contributed by atoms with Crippen molar-refractivity contribution in [3.05, 3.63) is 33.8 Å². The topological polar surface area (TPSA) is 15.3 Å². The van der Waals surface area contributed by atoms with Gasteiger partial charge in [-0.25, -0.2) is 0 Å². The van der Waals surface area contributed by atoms with Crippen molar-refractivity contribution in [2.75, 3.05) is 26.2 Å². The van der Waals surface area contributed by atoms with Crippen LogP contribution in [0.5, 0.6) is 0 Å². The second-order valence-electron chi connectivity index (χ2n) is 4.33. The number of hydrogen-bond acceptors (Lipinski definition) is 2. The molecule has 0 unspecified atom stereocenters. The molecule has 0 aromatic heterocycles. The molecule has 1 fully saturated rings. The maximum atomic E-state index is 12.9. The minimum absolute atomic E-state index is 0.340. The fourth-order valence-corrected chi connectivity index (χ4v) is 2.42. The van der Waals surface area contributed by atoms with Crippen LogP contribution in [0.15, 0.2) is 22.7 Å². The first-order valence-electron chi connectivity index (χ1n) is 5.75. The molecule has 18 heavy (non-hydrogen) atoms. The predicted molar refractivity (Wildman–Crippen MR) is 67.3 cm³/mol. The molecular formula is C12H14BrF3N2. The number of hydrogen-bond donors (Lipinski definition) is 1. The Morgan fingerprint density at radius 2 is 1.89 bits per heavy atom. The first kappa shape index (κ1) is 13.8. The predicted octanol–water partition coefficient (Wildman–Crippen LogP) is 2.87. The lowest BCUT2D eigenvalue weighted by atomic mass is 10.1. The first-order valence-corrected chi connectivity index (χ1v) is 6.55. The SMILES string of the molecule is FC(F)(F)c1cc(Br)ccc1CN1CCNCC1. The van der Waals surface area contributed by atoms with E-state index in [0.717, 1.165) is 32.2 Å². The minimum Gasteiger partial charge on any atom is -0.314 e. The summed E-state index contributed by atoms with van der Waals surface area (Å²) < 4.78 is 39.2. The van der Waals surface area contributed by atoms with Crippen molar-refractivity contribution in [2.24, 2.45) is 0 Å². The van der Waals surface area contributed by atoms with Crippen molar-refractivity contribution in [3.63, 3.8) is 0 Å². The zero-order chi connectivity index (χ0) is 13.2. The molecule has 100 valence electrons. The molecule has 0 spiro atoms. The molecule has 6 heteroatoms. The Balaban J connectivity index is 2.21. The molecule has 1 heterocycles. The molecule has 1 aliphatic rings. The fourth-order valence-electron chi connectivity index (χ4n) is 2.06. The Morgan fingerprint density at radius 1 is 1.22 bits per heavy atom.